The first kappa shape index (κ1) is 22.8. The van der Waals surface area contributed by atoms with E-state index in [9.17, 15) is 27.2 Å². The van der Waals surface area contributed by atoms with Crippen molar-refractivity contribution in [3.8, 4) is 11.5 Å². The van der Waals surface area contributed by atoms with Crippen LogP contribution in [0.3, 0.4) is 0 Å². The first-order chi connectivity index (χ1) is 16.1. The third kappa shape index (κ3) is 5.14. The van der Waals surface area contributed by atoms with Gasteiger partial charge in [-0.1, -0.05) is 0 Å². The number of carbonyl (C=O) groups excluding carboxylic acids is 1. The van der Waals surface area contributed by atoms with E-state index in [-0.39, 0.29) is 11.2 Å². The summed E-state index contributed by atoms with van der Waals surface area (Å²) in [6.45, 7) is 0. The van der Waals surface area contributed by atoms with Crippen LogP contribution in [0.2, 0.25) is 0 Å². The van der Waals surface area contributed by atoms with Crippen LogP contribution in [0.15, 0.2) is 71.8 Å². The van der Waals surface area contributed by atoms with Gasteiger partial charge in [0.05, 0.1) is 22.8 Å². The highest BCUT2D eigenvalue weighted by Crippen LogP contribution is 2.32. The van der Waals surface area contributed by atoms with E-state index < -0.39 is 23.6 Å². The quantitative estimate of drug-likeness (QED) is 0.383. The van der Waals surface area contributed by atoms with Crippen LogP contribution in [0, 0.1) is 5.82 Å². The fraction of sp³-hybridized carbons (Fsp3) is 0.0870. The molecule has 4 rings (SSSR count). The molecular formula is C23H16F4N4O3. The lowest BCUT2D eigenvalue weighted by atomic mass is 10.2. The van der Waals surface area contributed by atoms with E-state index in [4.69, 9.17) is 4.74 Å². The molecule has 174 valence electrons. The first-order valence-electron chi connectivity index (χ1n) is 9.77. The lowest BCUT2D eigenvalue weighted by Crippen LogP contribution is -2.20. The highest BCUT2D eigenvalue weighted by molar-refractivity contribution is 5.99. The highest BCUT2D eigenvalue weighted by Gasteiger charge is 2.31. The highest BCUT2D eigenvalue weighted by atomic mass is 19.4. The van der Waals surface area contributed by atoms with Gasteiger partial charge in [0.15, 0.2) is 0 Å². The second-order valence-electron chi connectivity index (χ2n) is 7.27. The molecule has 0 saturated heterocycles. The zero-order valence-corrected chi connectivity index (χ0v) is 17.5. The molecule has 2 N–H and O–H groups in total. The summed E-state index contributed by atoms with van der Waals surface area (Å²) in [4.78, 5) is 28.5. The maximum Gasteiger partial charge on any atom is 0.416 e. The fourth-order valence-corrected chi connectivity index (χ4v) is 3.12. The number of rotatable bonds is 4. The Kier molecular flexibility index (Phi) is 5.93. The molecule has 3 aromatic carbocycles. The number of anilines is 2. The molecule has 7 nitrogen and oxygen atoms in total. The Morgan fingerprint density at radius 1 is 0.941 bits per heavy atom. The molecule has 0 radical (unpaired) electrons. The number of alkyl halides is 3. The van der Waals surface area contributed by atoms with Gasteiger partial charge in [-0.15, -0.1) is 0 Å². The number of halogens is 4. The standard InChI is InChI=1S/C23H16F4N4O3/c1-31-12-28-20-7-6-18(11-19(20)21(31)32)34-17-4-2-15(3-5-17)29-22(33)30-16-9-13(23(25,26)27)8-14(24)10-16/h2-12H,1H3,(H2,29,30,33). The van der Waals surface area contributed by atoms with E-state index in [0.29, 0.717) is 40.2 Å². The number of hydrogen-bond acceptors (Lipinski definition) is 4. The summed E-state index contributed by atoms with van der Waals surface area (Å²) in [5.74, 6) is -0.317. The van der Waals surface area contributed by atoms with Crippen LogP contribution < -0.4 is 20.9 Å². The summed E-state index contributed by atoms with van der Waals surface area (Å²) in [7, 11) is 1.59. The average Bonchev–Trinajstić information content (AvgIpc) is 2.77. The van der Waals surface area contributed by atoms with E-state index in [2.05, 4.69) is 15.6 Å². The molecule has 0 bridgehead atoms. The summed E-state index contributed by atoms with van der Waals surface area (Å²) in [5.41, 5.74) is -0.939. The van der Waals surface area contributed by atoms with Crippen molar-refractivity contribution in [3.05, 3.63) is 88.7 Å². The van der Waals surface area contributed by atoms with Gasteiger partial charge in [-0.3, -0.25) is 4.79 Å². The van der Waals surface area contributed by atoms with Gasteiger partial charge in [0.2, 0.25) is 0 Å². The Morgan fingerprint density at radius 2 is 1.62 bits per heavy atom. The van der Waals surface area contributed by atoms with E-state index in [1.165, 1.54) is 23.0 Å². The molecule has 11 heteroatoms. The van der Waals surface area contributed by atoms with Crippen LogP contribution in [0.5, 0.6) is 11.5 Å². The molecule has 0 atom stereocenters. The smallest absolute Gasteiger partial charge is 0.416 e. The van der Waals surface area contributed by atoms with E-state index in [0.717, 1.165) is 6.07 Å². The molecule has 1 aromatic heterocycles. The Labute approximate surface area is 189 Å². The summed E-state index contributed by atoms with van der Waals surface area (Å²) in [5, 5.41) is 4.99. The number of fused-ring (bicyclic) bond motifs is 1. The molecule has 0 saturated carbocycles. The van der Waals surface area contributed by atoms with Gasteiger partial charge in [-0.05, 0) is 60.7 Å². The van der Waals surface area contributed by atoms with Crippen LogP contribution in [0.1, 0.15) is 5.56 Å². The average molecular weight is 472 g/mol. The Morgan fingerprint density at radius 3 is 2.32 bits per heavy atom. The van der Waals surface area contributed by atoms with Crippen molar-refractivity contribution in [2.45, 2.75) is 6.18 Å². The van der Waals surface area contributed by atoms with E-state index >= 15 is 0 Å². The minimum atomic E-state index is -4.75. The predicted molar refractivity (Wildman–Crippen MR) is 118 cm³/mol. The predicted octanol–water partition coefficient (Wildman–Crippen LogP) is 5.53. The van der Waals surface area contributed by atoms with Gasteiger partial charge in [0.1, 0.15) is 17.3 Å². The SMILES string of the molecule is Cn1cnc2ccc(Oc3ccc(NC(=O)Nc4cc(F)cc(C(F)(F)F)c4)cc3)cc2c1=O. The molecule has 0 fully saturated rings. The first-order valence-corrected chi connectivity index (χ1v) is 9.77. The van der Waals surface area contributed by atoms with E-state index in [1.807, 2.05) is 0 Å². The minimum absolute atomic E-state index is 0.221. The number of ether oxygens (including phenoxy) is 1. The summed E-state index contributed by atoms with van der Waals surface area (Å²) in [6, 6.07) is 11.9. The molecule has 0 spiro atoms. The molecule has 4 aromatic rings. The van der Waals surface area contributed by atoms with Crippen molar-refractivity contribution >= 4 is 28.3 Å². The van der Waals surface area contributed by atoms with Crippen molar-refractivity contribution in [1.82, 2.24) is 9.55 Å². The second-order valence-corrected chi connectivity index (χ2v) is 7.27. The Hall–Kier alpha value is -4.41. The van der Waals surface area contributed by atoms with Crippen LogP contribution >= 0.6 is 0 Å². The zero-order valence-electron chi connectivity index (χ0n) is 17.5. The Bertz CT molecular complexity index is 1430. The van der Waals surface area contributed by atoms with E-state index in [1.54, 1.807) is 37.4 Å². The van der Waals surface area contributed by atoms with Crippen LogP contribution in [0.25, 0.3) is 10.9 Å². The molecule has 0 aliphatic heterocycles. The van der Waals surface area contributed by atoms with Crippen molar-refractivity contribution in [1.29, 1.82) is 0 Å². The number of urea groups is 1. The fourth-order valence-electron chi connectivity index (χ4n) is 3.12. The third-order valence-electron chi connectivity index (χ3n) is 4.72. The van der Waals surface area contributed by atoms with Gasteiger partial charge < -0.3 is 19.9 Å². The largest absolute Gasteiger partial charge is 0.457 e. The lowest BCUT2D eigenvalue weighted by Gasteiger charge is -2.12. The minimum Gasteiger partial charge on any atom is -0.457 e. The number of amides is 2. The molecular weight excluding hydrogens is 456 g/mol. The number of aromatic nitrogens is 2. The summed E-state index contributed by atoms with van der Waals surface area (Å²) < 4.78 is 59.0. The maximum atomic E-state index is 13.5. The normalized spacial score (nSPS) is 11.3. The van der Waals surface area contributed by atoms with Crippen LogP contribution in [0.4, 0.5) is 33.7 Å². The van der Waals surface area contributed by atoms with Crippen molar-refractivity contribution < 1.29 is 27.1 Å². The number of hydrogen-bond donors (Lipinski definition) is 2. The number of carbonyl (C=O) groups is 1. The van der Waals surface area contributed by atoms with Crippen LogP contribution in [-0.2, 0) is 13.2 Å². The lowest BCUT2D eigenvalue weighted by molar-refractivity contribution is -0.137. The molecule has 0 aliphatic carbocycles. The third-order valence-corrected chi connectivity index (χ3v) is 4.72. The second kappa shape index (κ2) is 8.85. The number of benzene rings is 3. The van der Waals surface area contributed by atoms with Gasteiger partial charge in [0, 0.05) is 18.4 Å². The molecule has 1 heterocycles. The monoisotopic (exact) mass is 472 g/mol. The number of nitrogens with one attached hydrogen (secondary N) is 2. The topological polar surface area (TPSA) is 85.2 Å². The van der Waals surface area contributed by atoms with Crippen molar-refractivity contribution in [2.75, 3.05) is 10.6 Å². The van der Waals surface area contributed by atoms with Crippen LogP contribution in [-0.4, -0.2) is 15.6 Å². The van der Waals surface area contributed by atoms with Gasteiger partial charge >= 0.3 is 12.2 Å². The molecule has 2 amide bonds. The molecule has 34 heavy (non-hydrogen) atoms. The Balaban J connectivity index is 1.43. The van der Waals surface area contributed by atoms with Crippen molar-refractivity contribution in [2.24, 2.45) is 7.05 Å². The summed E-state index contributed by atoms with van der Waals surface area (Å²) >= 11 is 0. The summed E-state index contributed by atoms with van der Waals surface area (Å²) in [6.07, 6.45) is -3.32. The zero-order chi connectivity index (χ0) is 24.5. The van der Waals surface area contributed by atoms with Crippen molar-refractivity contribution in [3.63, 3.8) is 0 Å². The molecule has 0 unspecified atom stereocenters. The molecule has 0 aliphatic rings. The van der Waals surface area contributed by atoms with Gasteiger partial charge in [0.25, 0.3) is 5.56 Å². The maximum absolute atomic E-state index is 13.5. The van der Waals surface area contributed by atoms with Gasteiger partial charge in [-0.25, -0.2) is 14.2 Å². The van der Waals surface area contributed by atoms with Gasteiger partial charge in [-0.2, -0.15) is 13.2 Å². The number of nitrogens with zero attached hydrogens (tertiary/aromatic N) is 2. The number of aryl methyl sites for hydroxylation is 1.